The van der Waals surface area contributed by atoms with E-state index in [2.05, 4.69) is 54.5 Å². The van der Waals surface area contributed by atoms with E-state index in [1.165, 1.54) is 27.5 Å². The van der Waals surface area contributed by atoms with Crippen LogP contribution in [0.1, 0.15) is 45.3 Å². The molecule has 0 aliphatic carbocycles. The number of aromatic nitrogens is 4. The van der Waals surface area contributed by atoms with E-state index in [1.807, 2.05) is 42.6 Å². The Kier molecular flexibility index (Phi) is 8.15. The zero-order valence-corrected chi connectivity index (χ0v) is 18.7. The van der Waals surface area contributed by atoms with Gasteiger partial charge in [-0.1, -0.05) is 30.3 Å². The molecule has 0 fully saturated rings. The molecule has 9 heteroatoms. The van der Waals surface area contributed by atoms with E-state index in [-0.39, 0.29) is 10.9 Å². The Hall–Kier alpha value is -1.77. The summed E-state index contributed by atoms with van der Waals surface area (Å²) in [6, 6.07) is 11.1. The van der Waals surface area contributed by atoms with E-state index in [4.69, 9.17) is 10.7 Å². The van der Waals surface area contributed by atoms with Crippen molar-refractivity contribution < 1.29 is 8.42 Å². The second-order valence-corrected chi connectivity index (χ2v) is 10.3. The van der Waals surface area contributed by atoms with Crippen LogP contribution < -0.4 is 0 Å². The molecule has 1 aromatic carbocycles. The highest BCUT2D eigenvalue weighted by molar-refractivity contribution is 8.13. The maximum atomic E-state index is 10.8. The van der Waals surface area contributed by atoms with Crippen LogP contribution in [-0.4, -0.2) is 28.0 Å². The van der Waals surface area contributed by atoms with Gasteiger partial charge in [0.15, 0.2) is 0 Å². The second-order valence-electron chi connectivity index (χ2n) is 6.71. The highest BCUT2D eigenvalue weighted by Crippen LogP contribution is 2.22. The van der Waals surface area contributed by atoms with Crippen molar-refractivity contribution in [1.82, 2.24) is 19.6 Å². The molecule has 0 amide bonds. The monoisotopic (exact) mass is 440 g/mol. The Bertz CT molecular complexity index is 967. The summed E-state index contributed by atoms with van der Waals surface area (Å²) >= 11 is 1.83. The molecule has 0 radical (unpaired) electrons. The van der Waals surface area contributed by atoms with Gasteiger partial charge in [-0.2, -0.15) is 10.2 Å². The van der Waals surface area contributed by atoms with E-state index in [0.717, 1.165) is 5.75 Å². The van der Waals surface area contributed by atoms with Gasteiger partial charge < -0.3 is 0 Å². The molecule has 0 unspecified atom stereocenters. The van der Waals surface area contributed by atoms with Crippen molar-refractivity contribution in [1.29, 1.82) is 0 Å². The quantitative estimate of drug-likeness (QED) is 0.391. The van der Waals surface area contributed by atoms with Gasteiger partial charge in [0.25, 0.3) is 9.05 Å². The highest BCUT2D eigenvalue weighted by Gasteiger charge is 2.13. The van der Waals surface area contributed by atoms with Gasteiger partial charge in [-0.15, -0.1) is 11.8 Å². The minimum atomic E-state index is -3.63. The molecule has 6 nitrogen and oxygen atoms in total. The van der Waals surface area contributed by atoms with Crippen LogP contribution in [0.4, 0.5) is 0 Å². The largest absolute Gasteiger partial charge is 0.269 e. The summed E-state index contributed by atoms with van der Waals surface area (Å²) < 4.78 is 25.1. The van der Waals surface area contributed by atoms with E-state index in [0.29, 0.717) is 6.04 Å². The second kappa shape index (κ2) is 10.1. The molecule has 0 atom stereocenters. The molecule has 0 saturated heterocycles. The molecule has 0 aliphatic rings. The summed E-state index contributed by atoms with van der Waals surface area (Å²) in [5.41, 5.74) is 1.35. The fourth-order valence-electron chi connectivity index (χ4n) is 2.15. The minimum absolute atomic E-state index is 0.0397. The van der Waals surface area contributed by atoms with Crippen LogP contribution in [0.5, 0.6) is 0 Å². The molecule has 28 heavy (non-hydrogen) atoms. The van der Waals surface area contributed by atoms with Gasteiger partial charge in [0, 0.05) is 45.8 Å². The number of benzene rings is 1. The first-order valence-corrected chi connectivity index (χ1v) is 12.2. The van der Waals surface area contributed by atoms with Crippen molar-refractivity contribution in [2.75, 3.05) is 0 Å². The van der Waals surface area contributed by atoms with Crippen LogP contribution in [0, 0.1) is 0 Å². The molecule has 2 heterocycles. The number of rotatable bonds is 6. The topological polar surface area (TPSA) is 69.8 Å². The smallest absolute Gasteiger partial charge is 0.264 e. The first kappa shape index (κ1) is 22.5. The first-order valence-electron chi connectivity index (χ1n) is 8.86. The van der Waals surface area contributed by atoms with Crippen LogP contribution in [0.2, 0.25) is 0 Å². The number of hydrogen-bond donors (Lipinski definition) is 0. The van der Waals surface area contributed by atoms with Gasteiger partial charge in [-0.05, 0) is 33.3 Å². The Balaban J connectivity index is 0.000000209. The molecule has 152 valence electrons. The Morgan fingerprint density at radius 3 is 2.00 bits per heavy atom. The van der Waals surface area contributed by atoms with Gasteiger partial charge in [0.1, 0.15) is 4.90 Å². The van der Waals surface area contributed by atoms with Gasteiger partial charge in [-0.3, -0.25) is 9.36 Å². The van der Waals surface area contributed by atoms with E-state index < -0.39 is 9.05 Å². The zero-order chi connectivity index (χ0) is 20.7. The molecule has 3 aromatic rings. The van der Waals surface area contributed by atoms with Crippen LogP contribution in [0.25, 0.3) is 0 Å². The third kappa shape index (κ3) is 7.00. The first-order chi connectivity index (χ1) is 13.2. The lowest BCUT2D eigenvalue weighted by atomic mass is 10.2. The summed E-state index contributed by atoms with van der Waals surface area (Å²) in [6.07, 6.45) is 6.70. The van der Waals surface area contributed by atoms with E-state index in [1.54, 1.807) is 0 Å². The molecule has 3 rings (SSSR count). The standard InChI is InChI=1S/C13H16N2S.C6H9ClN2O2S/c1-11(2)15-9-13(8-14-15)16-10-12-6-4-3-5-7-12;1-5(2)9-4-6(3-8-9)12(7,10)11/h3-9,11H,10H2,1-2H3;3-5H,1-2H3. The molecule has 0 saturated carbocycles. The van der Waals surface area contributed by atoms with Gasteiger partial charge in [0.05, 0.1) is 12.4 Å². The van der Waals surface area contributed by atoms with Crippen LogP contribution in [0.15, 0.2) is 64.9 Å². The molecule has 0 aliphatic heterocycles. The third-order valence-electron chi connectivity index (χ3n) is 3.74. The molecule has 0 bridgehead atoms. The average molecular weight is 441 g/mol. The molecule has 0 N–H and O–H groups in total. The summed E-state index contributed by atoms with van der Waals surface area (Å²) in [5.74, 6) is 1.00. The molecular weight excluding hydrogens is 416 g/mol. The van der Waals surface area contributed by atoms with Gasteiger partial charge in [-0.25, -0.2) is 8.42 Å². The van der Waals surface area contributed by atoms with E-state index >= 15 is 0 Å². The fourth-order valence-corrected chi connectivity index (χ4v) is 3.62. The van der Waals surface area contributed by atoms with Crippen molar-refractivity contribution in [2.24, 2.45) is 0 Å². The lowest BCUT2D eigenvalue weighted by molar-refractivity contribution is 0.531. The number of halogens is 1. The summed E-state index contributed by atoms with van der Waals surface area (Å²) in [6.45, 7) is 8.08. The summed E-state index contributed by atoms with van der Waals surface area (Å²) in [5, 5.41) is 8.16. The van der Waals surface area contributed by atoms with Crippen LogP contribution in [-0.2, 0) is 14.8 Å². The highest BCUT2D eigenvalue weighted by atomic mass is 35.7. The fraction of sp³-hybridized carbons (Fsp3) is 0.368. The number of thioether (sulfide) groups is 1. The van der Waals surface area contributed by atoms with Crippen LogP contribution in [0.3, 0.4) is 0 Å². The third-order valence-corrected chi connectivity index (χ3v) is 6.07. The van der Waals surface area contributed by atoms with Crippen molar-refractivity contribution in [3.8, 4) is 0 Å². The summed E-state index contributed by atoms with van der Waals surface area (Å²) in [4.78, 5) is 1.27. The average Bonchev–Trinajstić information content (AvgIpc) is 3.31. The van der Waals surface area contributed by atoms with Crippen molar-refractivity contribution in [2.45, 2.75) is 55.3 Å². The maximum absolute atomic E-state index is 10.8. The Morgan fingerprint density at radius 1 is 0.964 bits per heavy atom. The summed E-state index contributed by atoms with van der Waals surface area (Å²) in [7, 11) is 1.47. The van der Waals surface area contributed by atoms with Crippen molar-refractivity contribution in [3.05, 3.63) is 60.7 Å². The van der Waals surface area contributed by atoms with Crippen molar-refractivity contribution >= 4 is 31.5 Å². The number of nitrogens with zero attached hydrogens (tertiary/aromatic N) is 4. The predicted octanol–water partition coefficient (Wildman–Crippen LogP) is 5.15. The normalized spacial score (nSPS) is 11.5. The van der Waals surface area contributed by atoms with Gasteiger partial charge >= 0.3 is 0 Å². The predicted molar refractivity (Wildman–Crippen MR) is 114 cm³/mol. The molecule has 2 aromatic heterocycles. The lowest BCUT2D eigenvalue weighted by Gasteiger charge is -2.03. The zero-order valence-electron chi connectivity index (χ0n) is 16.4. The Labute approximate surface area is 175 Å². The SMILES string of the molecule is CC(C)n1cc(S(=O)(=O)Cl)cn1.CC(C)n1cc(SCc2ccccc2)cn1. The van der Waals surface area contributed by atoms with E-state index in [9.17, 15) is 8.42 Å². The lowest BCUT2D eigenvalue weighted by Crippen LogP contribution is -2.00. The maximum Gasteiger partial charge on any atom is 0.264 e. The van der Waals surface area contributed by atoms with Gasteiger partial charge in [0.2, 0.25) is 0 Å². The Morgan fingerprint density at radius 2 is 1.54 bits per heavy atom. The molecular formula is C19H25ClN4O2S2. The van der Waals surface area contributed by atoms with Crippen LogP contribution >= 0.6 is 22.4 Å². The minimum Gasteiger partial charge on any atom is -0.269 e. The van der Waals surface area contributed by atoms with Crippen molar-refractivity contribution in [3.63, 3.8) is 0 Å². The number of hydrogen-bond acceptors (Lipinski definition) is 5. The molecule has 0 spiro atoms.